The lowest BCUT2D eigenvalue weighted by atomic mass is 10.2. The summed E-state index contributed by atoms with van der Waals surface area (Å²) >= 11 is 0. The van der Waals surface area contributed by atoms with Gasteiger partial charge in [-0.1, -0.05) is 6.07 Å². The summed E-state index contributed by atoms with van der Waals surface area (Å²) in [5.74, 6) is 0. The van der Waals surface area contributed by atoms with E-state index in [4.69, 9.17) is 0 Å². The van der Waals surface area contributed by atoms with Crippen molar-refractivity contribution in [2.75, 3.05) is 23.3 Å². The predicted molar refractivity (Wildman–Crippen MR) is 75.3 cm³/mol. The fourth-order valence-corrected chi connectivity index (χ4v) is 2.18. The second kappa shape index (κ2) is 5.06. The number of H-pyrrole nitrogens is 1. The Morgan fingerprint density at radius 2 is 2.21 bits per heavy atom. The zero-order valence-electron chi connectivity index (χ0n) is 10.5. The monoisotopic (exact) mass is 256 g/mol. The number of rotatable bonds is 4. The molecule has 2 heterocycles. The molecule has 1 fully saturated rings. The first kappa shape index (κ1) is 11.6. The topological polar surface area (TPSA) is 60.2 Å². The Kier molecular flexibility index (Phi) is 3.10. The number of benzene rings is 1. The Morgan fingerprint density at radius 3 is 2.95 bits per heavy atom. The number of amides is 2. The molecule has 1 saturated heterocycles. The van der Waals surface area contributed by atoms with E-state index >= 15 is 0 Å². The van der Waals surface area contributed by atoms with Crippen molar-refractivity contribution >= 4 is 17.4 Å². The number of nitrogens with zero attached hydrogens (tertiary/aromatic N) is 1. The third-order valence-electron chi connectivity index (χ3n) is 3.16. The quantitative estimate of drug-likeness (QED) is 0.785. The highest BCUT2D eigenvalue weighted by Gasteiger charge is 2.20. The van der Waals surface area contributed by atoms with Crippen molar-refractivity contribution in [2.45, 2.75) is 6.54 Å². The molecule has 0 atom stereocenters. The average Bonchev–Trinajstić information content (AvgIpc) is 3.08. The summed E-state index contributed by atoms with van der Waals surface area (Å²) in [7, 11) is 0. The summed E-state index contributed by atoms with van der Waals surface area (Å²) in [6.45, 7) is 2.17. The van der Waals surface area contributed by atoms with Gasteiger partial charge in [0.25, 0.3) is 0 Å². The third kappa shape index (κ3) is 2.54. The Hall–Kier alpha value is -2.43. The first-order chi connectivity index (χ1) is 9.33. The van der Waals surface area contributed by atoms with Crippen molar-refractivity contribution in [3.63, 3.8) is 0 Å². The van der Waals surface area contributed by atoms with Crippen LogP contribution in [0.2, 0.25) is 0 Å². The number of aromatic nitrogens is 1. The van der Waals surface area contributed by atoms with Crippen LogP contribution in [0.5, 0.6) is 0 Å². The highest BCUT2D eigenvalue weighted by atomic mass is 16.2. The van der Waals surface area contributed by atoms with Gasteiger partial charge in [0.15, 0.2) is 0 Å². The van der Waals surface area contributed by atoms with E-state index in [9.17, 15) is 4.79 Å². The van der Waals surface area contributed by atoms with Crippen LogP contribution in [-0.4, -0.2) is 24.1 Å². The maximum Gasteiger partial charge on any atom is 0.321 e. The van der Waals surface area contributed by atoms with Gasteiger partial charge in [-0.15, -0.1) is 0 Å². The van der Waals surface area contributed by atoms with Crippen LogP contribution in [0.4, 0.5) is 16.2 Å². The number of carbonyl (C=O) groups excluding carboxylic acids is 1. The molecule has 5 heteroatoms. The Labute approximate surface area is 111 Å². The van der Waals surface area contributed by atoms with Gasteiger partial charge in [-0.2, -0.15) is 0 Å². The molecule has 0 unspecified atom stereocenters. The minimum atomic E-state index is -0.0264. The molecule has 19 heavy (non-hydrogen) atoms. The molecule has 2 amide bonds. The van der Waals surface area contributed by atoms with Crippen molar-refractivity contribution in [1.29, 1.82) is 0 Å². The van der Waals surface area contributed by atoms with Gasteiger partial charge in [-0.25, -0.2) is 4.79 Å². The summed E-state index contributed by atoms with van der Waals surface area (Å²) in [5, 5.41) is 6.14. The van der Waals surface area contributed by atoms with Crippen LogP contribution in [0, 0.1) is 0 Å². The number of anilines is 2. The van der Waals surface area contributed by atoms with Gasteiger partial charge in [0.1, 0.15) is 0 Å². The predicted octanol–water partition coefficient (Wildman–Crippen LogP) is 2.16. The summed E-state index contributed by atoms with van der Waals surface area (Å²) < 4.78 is 0. The molecule has 2 aromatic rings. The highest BCUT2D eigenvalue weighted by molar-refractivity contribution is 5.94. The van der Waals surface area contributed by atoms with Crippen molar-refractivity contribution in [3.8, 4) is 0 Å². The summed E-state index contributed by atoms with van der Waals surface area (Å²) in [6.07, 6.45) is 1.90. The van der Waals surface area contributed by atoms with Gasteiger partial charge in [0.2, 0.25) is 0 Å². The van der Waals surface area contributed by atoms with Gasteiger partial charge >= 0.3 is 6.03 Å². The number of aromatic amines is 1. The SMILES string of the molecule is O=C1NCCN1c1cccc(NCc2ccc[nH]2)c1. The summed E-state index contributed by atoms with van der Waals surface area (Å²) in [6, 6.07) is 11.9. The molecule has 0 spiro atoms. The average molecular weight is 256 g/mol. The maximum absolute atomic E-state index is 11.6. The van der Waals surface area contributed by atoms with E-state index in [1.165, 1.54) is 0 Å². The van der Waals surface area contributed by atoms with Crippen LogP contribution in [0.25, 0.3) is 0 Å². The smallest absolute Gasteiger partial charge is 0.321 e. The fourth-order valence-electron chi connectivity index (χ4n) is 2.18. The van der Waals surface area contributed by atoms with Gasteiger partial charge in [0, 0.05) is 36.4 Å². The van der Waals surface area contributed by atoms with Crippen molar-refractivity contribution < 1.29 is 4.79 Å². The van der Waals surface area contributed by atoms with Crippen LogP contribution < -0.4 is 15.5 Å². The van der Waals surface area contributed by atoms with Crippen LogP contribution in [-0.2, 0) is 6.54 Å². The largest absolute Gasteiger partial charge is 0.379 e. The van der Waals surface area contributed by atoms with Crippen molar-refractivity contribution in [1.82, 2.24) is 10.3 Å². The lowest BCUT2D eigenvalue weighted by Gasteiger charge is -2.15. The first-order valence-electron chi connectivity index (χ1n) is 6.34. The molecule has 1 aromatic heterocycles. The van der Waals surface area contributed by atoms with Crippen molar-refractivity contribution in [2.24, 2.45) is 0 Å². The van der Waals surface area contributed by atoms with Crippen LogP contribution in [0.1, 0.15) is 5.69 Å². The number of carbonyl (C=O) groups is 1. The molecule has 5 nitrogen and oxygen atoms in total. The van der Waals surface area contributed by atoms with E-state index in [-0.39, 0.29) is 6.03 Å². The molecule has 3 N–H and O–H groups in total. The van der Waals surface area contributed by atoms with E-state index in [2.05, 4.69) is 15.6 Å². The molecule has 98 valence electrons. The zero-order valence-corrected chi connectivity index (χ0v) is 10.5. The number of urea groups is 1. The van der Waals surface area contributed by atoms with Crippen LogP contribution >= 0.6 is 0 Å². The minimum Gasteiger partial charge on any atom is -0.379 e. The molecular weight excluding hydrogens is 240 g/mol. The molecule has 0 radical (unpaired) electrons. The third-order valence-corrected chi connectivity index (χ3v) is 3.16. The number of nitrogens with one attached hydrogen (secondary N) is 3. The van der Waals surface area contributed by atoms with Crippen LogP contribution in [0.3, 0.4) is 0 Å². The zero-order chi connectivity index (χ0) is 13.1. The van der Waals surface area contributed by atoms with Gasteiger partial charge in [0.05, 0.1) is 6.54 Å². The Morgan fingerprint density at radius 1 is 1.26 bits per heavy atom. The Bertz CT molecular complexity index is 565. The molecule has 0 saturated carbocycles. The maximum atomic E-state index is 11.6. The van der Waals surface area contributed by atoms with E-state index in [0.717, 1.165) is 30.2 Å². The molecule has 0 bridgehead atoms. The Balaban J connectivity index is 1.71. The molecule has 0 aliphatic carbocycles. The standard InChI is InChI=1S/C14H16N4O/c19-14-16-7-8-18(14)13-5-1-3-11(9-13)17-10-12-4-2-6-15-12/h1-6,9,15,17H,7-8,10H2,(H,16,19). The lowest BCUT2D eigenvalue weighted by molar-refractivity contribution is 0.252. The van der Waals surface area contributed by atoms with Crippen molar-refractivity contribution in [3.05, 3.63) is 48.3 Å². The summed E-state index contributed by atoms with van der Waals surface area (Å²) in [5.41, 5.74) is 3.06. The normalized spacial score (nSPS) is 14.5. The van der Waals surface area contributed by atoms with Gasteiger partial charge in [-0.3, -0.25) is 4.90 Å². The van der Waals surface area contributed by atoms with E-state index in [1.54, 1.807) is 4.90 Å². The highest BCUT2D eigenvalue weighted by Crippen LogP contribution is 2.21. The lowest BCUT2D eigenvalue weighted by Crippen LogP contribution is -2.27. The summed E-state index contributed by atoms with van der Waals surface area (Å²) in [4.78, 5) is 16.5. The molecule has 1 aliphatic rings. The second-order valence-corrected chi connectivity index (χ2v) is 4.48. The molecular formula is C14H16N4O. The molecule has 1 aliphatic heterocycles. The van der Waals surface area contributed by atoms with E-state index in [1.807, 2.05) is 42.6 Å². The second-order valence-electron chi connectivity index (χ2n) is 4.48. The fraction of sp³-hybridized carbons (Fsp3) is 0.214. The number of hydrogen-bond acceptors (Lipinski definition) is 2. The van der Waals surface area contributed by atoms with Gasteiger partial charge in [-0.05, 0) is 30.3 Å². The van der Waals surface area contributed by atoms with Gasteiger partial charge < -0.3 is 15.6 Å². The minimum absolute atomic E-state index is 0.0264. The van der Waals surface area contributed by atoms with Crippen LogP contribution in [0.15, 0.2) is 42.6 Å². The molecule has 3 rings (SSSR count). The number of hydrogen-bond donors (Lipinski definition) is 3. The first-order valence-corrected chi connectivity index (χ1v) is 6.34. The van der Waals surface area contributed by atoms with E-state index < -0.39 is 0 Å². The molecule has 1 aromatic carbocycles. The van der Waals surface area contributed by atoms with E-state index in [0.29, 0.717) is 6.54 Å².